The van der Waals surface area contributed by atoms with Gasteiger partial charge in [-0.3, -0.25) is 5.10 Å². The van der Waals surface area contributed by atoms with Crippen molar-refractivity contribution in [3.63, 3.8) is 0 Å². The molecular formula is C22H27N3O5. The second kappa shape index (κ2) is 10.1. The van der Waals surface area contributed by atoms with Crippen LogP contribution in [0.1, 0.15) is 25.0 Å². The first-order valence-electron chi connectivity index (χ1n) is 9.89. The first-order chi connectivity index (χ1) is 14.4. The van der Waals surface area contributed by atoms with E-state index in [-0.39, 0.29) is 0 Å². The SMILES string of the molecule is CC(C)CNCC#Cc1cc(C#C[C@H]2O[C@H](CO)[C@@H](O)[C@H](O)[C@@H]2O)c2[nH]ncc2c1. The summed E-state index contributed by atoms with van der Waals surface area (Å²) in [6.45, 7) is 5.24. The molecule has 2 aromatic rings. The average molecular weight is 413 g/mol. The largest absolute Gasteiger partial charge is 0.394 e. The van der Waals surface area contributed by atoms with Gasteiger partial charge >= 0.3 is 0 Å². The van der Waals surface area contributed by atoms with Gasteiger partial charge in [-0.1, -0.05) is 37.5 Å². The zero-order valence-corrected chi connectivity index (χ0v) is 17.0. The maximum Gasteiger partial charge on any atom is 0.147 e. The van der Waals surface area contributed by atoms with E-state index < -0.39 is 37.1 Å². The zero-order chi connectivity index (χ0) is 21.7. The number of aromatic nitrogens is 2. The topological polar surface area (TPSA) is 131 Å². The molecule has 160 valence electrons. The van der Waals surface area contributed by atoms with Gasteiger partial charge in [0.2, 0.25) is 0 Å². The van der Waals surface area contributed by atoms with Crippen LogP contribution < -0.4 is 5.32 Å². The minimum atomic E-state index is -1.46. The predicted octanol–water partition coefficient (Wildman–Crippen LogP) is -0.646. The van der Waals surface area contributed by atoms with E-state index in [1.165, 1.54) is 0 Å². The summed E-state index contributed by atoms with van der Waals surface area (Å²) < 4.78 is 5.44. The van der Waals surface area contributed by atoms with Gasteiger partial charge in [-0.15, -0.1) is 0 Å². The fourth-order valence-electron chi connectivity index (χ4n) is 3.17. The molecule has 1 aromatic carbocycles. The van der Waals surface area contributed by atoms with E-state index in [1.54, 1.807) is 6.20 Å². The number of nitrogens with zero attached hydrogens (tertiary/aromatic N) is 1. The maximum atomic E-state index is 10.2. The van der Waals surface area contributed by atoms with Gasteiger partial charge in [-0.25, -0.2) is 0 Å². The van der Waals surface area contributed by atoms with E-state index in [1.807, 2.05) is 12.1 Å². The second-order valence-electron chi connectivity index (χ2n) is 7.70. The summed E-state index contributed by atoms with van der Waals surface area (Å²) in [7, 11) is 0. The van der Waals surface area contributed by atoms with Gasteiger partial charge in [-0.05, 0) is 24.6 Å². The number of H-pyrrole nitrogens is 1. The molecule has 1 aliphatic heterocycles. The van der Waals surface area contributed by atoms with Crippen molar-refractivity contribution in [1.82, 2.24) is 15.5 Å². The number of benzene rings is 1. The molecule has 0 spiro atoms. The molecular weight excluding hydrogens is 386 g/mol. The Balaban J connectivity index is 1.83. The van der Waals surface area contributed by atoms with Crippen LogP contribution in [0.25, 0.3) is 10.9 Å². The first-order valence-corrected chi connectivity index (χ1v) is 9.89. The van der Waals surface area contributed by atoms with Crippen molar-refractivity contribution in [1.29, 1.82) is 0 Å². The lowest BCUT2D eigenvalue weighted by atomic mass is 9.95. The number of aromatic amines is 1. The Bertz CT molecular complexity index is 979. The average Bonchev–Trinajstić information content (AvgIpc) is 3.20. The molecule has 8 nitrogen and oxygen atoms in total. The molecule has 2 heterocycles. The lowest BCUT2D eigenvalue weighted by Gasteiger charge is -2.37. The normalized spacial score (nSPS) is 26.2. The van der Waals surface area contributed by atoms with Crippen molar-refractivity contribution in [2.24, 2.45) is 5.92 Å². The number of fused-ring (bicyclic) bond motifs is 1. The lowest BCUT2D eigenvalue weighted by molar-refractivity contribution is -0.214. The summed E-state index contributed by atoms with van der Waals surface area (Å²) in [6, 6.07) is 3.72. The Labute approximate surface area is 175 Å². The standard InChI is InChI=1S/C22H27N3O5/c1-13(2)10-23-7-3-4-14-8-15(19-16(9-14)11-24-25-19)5-6-17-20(27)22(29)21(28)18(12-26)30-17/h8-9,11,13,17-18,20-23,26-29H,7,10,12H2,1-2H3,(H,24,25)/t17-,18-,20-,21-,22-/m1/s1. The molecule has 8 heteroatoms. The minimum absolute atomic E-state index is 0.496. The molecule has 0 bridgehead atoms. The Morgan fingerprint density at radius 2 is 1.97 bits per heavy atom. The van der Waals surface area contributed by atoms with E-state index in [4.69, 9.17) is 4.74 Å². The monoisotopic (exact) mass is 413 g/mol. The highest BCUT2D eigenvalue weighted by Gasteiger charge is 2.42. The van der Waals surface area contributed by atoms with Crippen LogP contribution in [0.5, 0.6) is 0 Å². The maximum absolute atomic E-state index is 10.2. The van der Waals surface area contributed by atoms with Gasteiger partial charge in [0.25, 0.3) is 0 Å². The van der Waals surface area contributed by atoms with Gasteiger partial charge in [0.1, 0.15) is 30.5 Å². The zero-order valence-electron chi connectivity index (χ0n) is 17.0. The lowest BCUT2D eigenvalue weighted by Crippen LogP contribution is -2.58. The van der Waals surface area contributed by atoms with Crippen molar-refractivity contribution in [3.8, 4) is 23.7 Å². The van der Waals surface area contributed by atoms with Crippen molar-refractivity contribution >= 4 is 10.9 Å². The van der Waals surface area contributed by atoms with Gasteiger partial charge in [0, 0.05) is 10.9 Å². The Morgan fingerprint density at radius 1 is 1.17 bits per heavy atom. The fourth-order valence-corrected chi connectivity index (χ4v) is 3.17. The van der Waals surface area contributed by atoms with Crippen molar-refractivity contribution in [3.05, 3.63) is 29.5 Å². The van der Waals surface area contributed by atoms with Crippen LogP contribution in [-0.2, 0) is 4.74 Å². The Hall–Kier alpha value is -2.43. The van der Waals surface area contributed by atoms with Gasteiger partial charge in [-0.2, -0.15) is 5.10 Å². The van der Waals surface area contributed by atoms with Crippen LogP contribution in [-0.4, -0.2) is 80.8 Å². The molecule has 0 unspecified atom stereocenters. The van der Waals surface area contributed by atoms with E-state index in [0.29, 0.717) is 18.0 Å². The summed E-state index contributed by atoms with van der Waals surface area (Å²) in [6.07, 6.45) is -4.65. The predicted molar refractivity (Wildman–Crippen MR) is 111 cm³/mol. The number of nitrogens with one attached hydrogen (secondary N) is 2. The number of aliphatic hydroxyl groups is 4. The van der Waals surface area contributed by atoms with Crippen molar-refractivity contribution in [2.75, 3.05) is 19.7 Å². The molecule has 0 amide bonds. The molecule has 3 rings (SSSR count). The van der Waals surface area contributed by atoms with Crippen LogP contribution in [0.3, 0.4) is 0 Å². The number of hydrogen-bond donors (Lipinski definition) is 6. The summed E-state index contributed by atoms with van der Waals surface area (Å²) >= 11 is 0. The number of ether oxygens (including phenoxy) is 1. The van der Waals surface area contributed by atoms with Crippen LogP contribution in [0.2, 0.25) is 0 Å². The molecule has 0 radical (unpaired) electrons. The van der Waals surface area contributed by atoms with Crippen molar-refractivity contribution in [2.45, 2.75) is 44.4 Å². The van der Waals surface area contributed by atoms with Crippen molar-refractivity contribution < 1.29 is 25.2 Å². The Morgan fingerprint density at radius 3 is 2.70 bits per heavy atom. The number of rotatable bonds is 4. The molecule has 0 aliphatic carbocycles. The molecule has 1 saturated heterocycles. The minimum Gasteiger partial charge on any atom is -0.394 e. The highest BCUT2D eigenvalue weighted by atomic mass is 16.5. The smallest absolute Gasteiger partial charge is 0.147 e. The van der Waals surface area contributed by atoms with E-state index in [0.717, 1.165) is 23.0 Å². The van der Waals surface area contributed by atoms with Gasteiger partial charge < -0.3 is 30.5 Å². The molecule has 30 heavy (non-hydrogen) atoms. The Kier molecular flexibility index (Phi) is 7.46. The third-order valence-corrected chi connectivity index (χ3v) is 4.79. The van der Waals surface area contributed by atoms with Gasteiger partial charge in [0.15, 0.2) is 0 Å². The van der Waals surface area contributed by atoms with Crippen LogP contribution in [0, 0.1) is 29.6 Å². The molecule has 1 aromatic heterocycles. The van der Waals surface area contributed by atoms with E-state index in [9.17, 15) is 20.4 Å². The summed E-state index contributed by atoms with van der Waals surface area (Å²) in [5, 5.41) is 50.3. The summed E-state index contributed by atoms with van der Waals surface area (Å²) in [5.41, 5.74) is 2.10. The van der Waals surface area contributed by atoms with Crippen LogP contribution >= 0.6 is 0 Å². The number of aliphatic hydroxyl groups excluding tert-OH is 4. The van der Waals surface area contributed by atoms with E-state index >= 15 is 0 Å². The second-order valence-corrected chi connectivity index (χ2v) is 7.70. The molecule has 1 aliphatic rings. The number of hydrogen-bond acceptors (Lipinski definition) is 7. The van der Waals surface area contributed by atoms with Gasteiger partial charge in [0.05, 0.1) is 30.4 Å². The van der Waals surface area contributed by atoms with Crippen LogP contribution in [0.15, 0.2) is 18.3 Å². The van der Waals surface area contributed by atoms with E-state index in [2.05, 4.69) is 53.0 Å². The quantitative estimate of drug-likeness (QED) is 0.290. The molecule has 1 fully saturated rings. The highest BCUT2D eigenvalue weighted by molar-refractivity contribution is 5.85. The molecule has 6 N–H and O–H groups in total. The third-order valence-electron chi connectivity index (χ3n) is 4.79. The fraction of sp³-hybridized carbons (Fsp3) is 0.500. The molecule has 0 saturated carbocycles. The van der Waals surface area contributed by atoms with Crippen LogP contribution in [0.4, 0.5) is 0 Å². The third kappa shape index (κ3) is 5.18. The summed E-state index contributed by atoms with van der Waals surface area (Å²) in [5.74, 6) is 12.5. The highest BCUT2D eigenvalue weighted by Crippen LogP contribution is 2.22. The summed E-state index contributed by atoms with van der Waals surface area (Å²) in [4.78, 5) is 0. The first kappa shape index (κ1) is 22.3. The molecule has 5 atom stereocenters.